The Balaban J connectivity index is 2.91. The highest BCUT2D eigenvalue weighted by Gasteiger charge is 2.20. The minimum atomic E-state index is -1.19. The first kappa shape index (κ1) is 11.3. The second-order valence-corrected chi connectivity index (χ2v) is 3.21. The van der Waals surface area contributed by atoms with E-state index in [0.29, 0.717) is 0 Å². The molecule has 0 aliphatic rings. The van der Waals surface area contributed by atoms with Gasteiger partial charge in [0.2, 0.25) is 0 Å². The number of aliphatic carboxylic acids is 1. The zero-order chi connectivity index (χ0) is 11.6. The molecule has 0 bridgehead atoms. The summed E-state index contributed by atoms with van der Waals surface area (Å²) in [5.41, 5.74) is -0.143. The molecule has 80 valence electrons. The maximum absolute atomic E-state index is 10.4. The van der Waals surface area contributed by atoms with Crippen LogP contribution in [0.2, 0.25) is 0 Å². The average Bonchev–Trinajstić information content (AvgIpc) is 2.47. The van der Waals surface area contributed by atoms with Crippen molar-refractivity contribution in [2.75, 3.05) is 0 Å². The molecule has 1 heterocycles. The molecule has 0 atom stereocenters. The quantitative estimate of drug-likeness (QED) is 0.489. The topological polar surface area (TPSA) is 111 Å². The fraction of sp³-hybridized carbons (Fsp3) is 0.167. The summed E-state index contributed by atoms with van der Waals surface area (Å²) in [4.78, 5) is 23.4. The predicted molar refractivity (Wildman–Crippen MR) is 51.2 cm³/mol. The van der Waals surface area contributed by atoms with Crippen LogP contribution in [-0.4, -0.2) is 30.8 Å². The lowest BCUT2D eigenvalue weighted by Crippen LogP contribution is -2.09. The van der Waals surface area contributed by atoms with Crippen molar-refractivity contribution in [3.8, 4) is 0 Å². The number of halogens is 1. The summed E-state index contributed by atoms with van der Waals surface area (Å²) in [7, 11) is 0. The van der Waals surface area contributed by atoms with Gasteiger partial charge in [0, 0.05) is 21.0 Å². The standard InChI is InChI=1S/C6H5BrN4O4/c1-3(4(12)13)2-10-5(7)8-6(9-10)11(14)15/h1-2H2,(H,12,13). The van der Waals surface area contributed by atoms with E-state index in [-0.39, 0.29) is 16.9 Å². The van der Waals surface area contributed by atoms with Gasteiger partial charge in [-0.15, -0.1) is 0 Å². The smallest absolute Gasteiger partial charge is 0.478 e. The van der Waals surface area contributed by atoms with E-state index in [4.69, 9.17) is 5.11 Å². The fourth-order valence-electron chi connectivity index (χ4n) is 0.738. The molecule has 0 unspecified atom stereocenters. The molecule has 15 heavy (non-hydrogen) atoms. The summed E-state index contributed by atoms with van der Waals surface area (Å²) >= 11 is 2.91. The summed E-state index contributed by atoms with van der Waals surface area (Å²) in [5, 5.41) is 22.3. The molecule has 8 nitrogen and oxygen atoms in total. The number of carboxylic acids is 1. The molecule has 0 fully saturated rings. The van der Waals surface area contributed by atoms with E-state index in [1.54, 1.807) is 0 Å². The number of carbonyl (C=O) groups is 1. The number of aromatic nitrogens is 3. The van der Waals surface area contributed by atoms with Gasteiger partial charge < -0.3 is 15.2 Å². The van der Waals surface area contributed by atoms with Crippen molar-refractivity contribution in [1.82, 2.24) is 14.8 Å². The number of rotatable bonds is 4. The number of hydrogen-bond donors (Lipinski definition) is 1. The van der Waals surface area contributed by atoms with Crippen molar-refractivity contribution < 1.29 is 14.8 Å². The highest BCUT2D eigenvalue weighted by Crippen LogP contribution is 2.13. The van der Waals surface area contributed by atoms with Crippen LogP contribution < -0.4 is 0 Å². The molecule has 0 aromatic carbocycles. The van der Waals surface area contributed by atoms with E-state index < -0.39 is 16.8 Å². The molecular weight excluding hydrogens is 272 g/mol. The minimum absolute atomic E-state index is 0.0802. The highest BCUT2D eigenvalue weighted by molar-refractivity contribution is 9.10. The van der Waals surface area contributed by atoms with Crippen LogP contribution in [0.5, 0.6) is 0 Å². The van der Waals surface area contributed by atoms with Gasteiger partial charge in [0.15, 0.2) is 0 Å². The molecule has 1 aromatic rings. The third-order valence-electron chi connectivity index (χ3n) is 1.42. The Hall–Kier alpha value is -1.77. The summed E-state index contributed by atoms with van der Waals surface area (Å²) < 4.78 is 1.12. The van der Waals surface area contributed by atoms with Crippen LogP contribution in [0, 0.1) is 10.1 Å². The van der Waals surface area contributed by atoms with Crippen LogP contribution in [0.4, 0.5) is 5.95 Å². The van der Waals surface area contributed by atoms with Crippen molar-refractivity contribution in [2.45, 2.75) is 6.54 Å². The van der Waals surface area contributed by atoms with Gasteiger partial charge in [0.05, 0.1) is 12.1 Å². The normalized spacial score (nSPS) is 9.93. The van der Waals surface area contributed by atoms with Crippen LogP contribution in [0.3, 0.4) is 0 Å². The van der Waals surface area contributed by atoms with Gasteiger partial charge in [0.1, 0.15) is 0 Å². The Morgan fingerprint density at radius 3 is 2.73 bits per heavy atom. The molecular formula is C6H5BrN4O4. The molecule has 0 aliphatic carbocycles. The van der Waals surface area contributed by atoms with Crippen molar-refractivity contribution in [1.29, 1.82) is 0 Å². The van der Waals surface area contributed by atoms with E-state index >= 15 is 0 Å². The second-order valence-electron chi connectivity index (χ2n) is 2.50. The summed E-state index contributed by atoms with van der Waals surface area (Å²) in [6, 6.07) is 0. The zero-order valence-electron chi connectivity index (χ0n) is 7.25. The van der Waals surface area contributed by atoms with Crippen LogP contribution in [0.15, 0.2) is 16.9 Å². The largest absolute Gasteiger partial charge is 0.492 e. The first-order valence-corrected chi connectivity index (χ1v) is 4.37. The van der Waals surface area contributed by atoms with Crippen molar-refractivity contribution >= 4 is 27.8 Å². The zero-order valence-corrected chi connectivity index (χ0v) is 8.84. The maximum Gasteiger partial charge on any atom is 0.492 e. The van der Waals surface area contributed by atoms with Crippen LogP contribution in [0.1, 0.15) is 0 Å². The summed E-state index contributed by atoms with van der Waals surface area (Å²) in [5.74, 6) is -1.79. The monoisotopic (exact) mass is 276 g/mol. The maximum atomic E-state index is 10.4. The Morgan fingerprint density at radius 1 is 1.73 bits per heavy atom. The van der Waals surface area contributed by atoms with Gasteiger partial charge in [0.25, 0.3) is 4.73 Å². The van der Waals surface area contributed by atoms with Crippen molar-refractivity contribution in [3.63, 3.8) is 0 Å². The molecule has 1 aromatic heterocycles. The Kier molecular flexibility index (Phi) is 3.14. The van der Waals surface area contributed by atoms with Crippen LogP contribution in [0.25, 0.3) is 0 Å². The van der Waals surface area contributed by atoms with Crippen molar-refractivity contribution in [3.05, 3.63) is 27.0 Å². The van der Waals surface area contributed by atoms with Crippen molar-refractivity contribution in [2.24, 2.45) is 0 Å². The first-order valence-electron chi connectivity index (χ1n) is 3.57. The Morgan fingerprint density at radius 2 is 2.33 bits per heavy atom. The number of nitrogens with zero attached hydrogens (tertiary/aromatic N) is 4. The number of carboxylic acid groups (broad SMARTS) is 1. The predicted octanol–water partition coefficient (Wildman–Crippen LogP) is 0.590. The summed E-state index contributed by atoms with van der Waals surface area (Å²) in [6.45, 7) is 3.10. The molecule has 9 heteroatoms. The lowest BCUT2D eigenvalue weighted by atomic mass is 10.3. The summed E-state index contributed by atoms with van der Waals surface area (Å²) in [6.07, 6.45) is 0. The van der Waals surface area contributed by atoms with Crippen LogP contribution >= 0.6 is 15.9 Å². The molecule has 0 amide bonds. The van der Waals surface area contributed by atoms with Gasteiger partial charge in [-0.1, -0.05) is 6.58 Å². The van der Waals surface area contributed by atoms with Gasteiger partial charge in [-0.3, -0.25) is 0 Å². The van der Waals surface area contributed by atoms with Gasteiger partial charge in [-0.05, 0) is 9.91 Å². The molecule has 1 N–H and O–H groups in total. The molecule has 0 saturated heterocycles. The fourth-order valence-corrected chi connectivity index (χ4v) is 1.10. The number of nitro groups is 1. The van der Waals surface area contributed by atoms with Gasteiger partial charge >= 0.3 is 11.9 Å². The first-order chi connectivity index (χ1) is 6.91. The van der Waals surface area contributed by atoms with E-state index in [1.165, 1.54) is 0 Å². The van der Waals surface area contributed by atoms with Crippen LogP contribution in [-0.2, 0) is 11.3 Å². The molecule has 0 radical (unpaired) electrons. The Bertz CT molecular complexity index is 440. The lowest BCUT2D eigenvalue weighted by molar-refractivity contribution is -0.394. The van der Waals surface area contributed by atoms with E-state index in [1.807, 2.05) is 0 Å². The number of hydrogen-bond acceptors (Lipinski definition) is 5. The lowest BCUT2D eigenvalue weighted by Gasteiger charge is -1.96. The highest BCUT2D eigenvalue weighted by atomic mass is 79.9. The molecule has 0 saturated carbocycles. The van der Waals surface area contributed by atoms with Gasteiger partial charge in [-0.25, -0.2) is 4.79 Å². The third kappa shape index (κ3) is 2.59. The molecule has 0 spiro atoms. The van der Waals surface area contributed by atoms with E-state index in [0.717, 1.165) is 4.68 Å². The van der Waals surface area contributed by atoms with E-state index in [2.05, 4.69) is 32.6 Å². The molecule has 1 rings (SSSR count). The van der Waals surface area contributed by atoms with Gasteiger partial charge in [-0.2, -0.15) is 4.68 Å². The Labute approximate surface area is 91.5 Å². The average molecular weight is 277 g/mol. The minimum Gasteiger partial charge on any atom is -0.478 e. The third-order valence-corrected chi connectivity index (χ3v) is 2.01. The second kappa shape index (κ2) is 4.17. The SMILES string of the molecule is C=C(Cn1nc([N+](=O)[O-])nc1Br)C(=O)O. The van der Waals surface area contributed by atoms with E-state index in [9.17, 15) is 14.9 Å². The molecule has 0 aliphatic heterocycles.